The second kappa shape index (κ2) is 14.2. The monoisotopic (exact) mass is 538 g/mol. The highest BCUT2D eigenvalue weighted by molar-refractivity contribution is 5.98. The van der Waals surface area contributed by atoms with E-state index in [0.717, 1.165) is 12.0 Å². The number of aliphatic imine (C=N–C) groups is 1. The predicted molar refractivity (Wildman–Crippen MR) is 151 cm³/mol. The molecule has 8 N–H and O–H groups in total. The molecule has 0 spiro atoms. The van der Waals surface area contributed by atoms with E-state index in [1.165, 1.54) is 24.3 Å². The van der Waals surface area contributed by atoms with Crippen LogP contribution in [0.3, 0.4) is 0 Å². The number of amides is 2. The first-order valence-electron chi connectivity index (χ1n) is 13.1. The second-order valence-electron chi connectivity index (χ2n) is 9.90. The van der Waals surface area contributed by atoms with Crippen molar-refractivity contribution in [3.63, 3.8) is 0 Å². The summed E-state index contributed by atoms with van der Waals surface area (Å²) in [6, 6.07) is 13.3. The number of nitro groups is 1. The third-order valence-corrected chi connectivity index (χ3v) is 6.76. The summed E-state index contributed by atoms with van der Waals surface area (Å²) in [5, 5.41) is 17.3. The Morgan fingerprint density at radius 1 is 1.18 bits per heavy atom. The molecule has 2 aromatic carbocycles. The van der Waals surface area contributed by atoms with Crippen molar-refractivity contribution in [1.29, 1.82) is 0 Å². The quantitative estimate of drug-likeness (QED) is 0.0885. The number of guanidine groups is 1. The van der Waals surface area contributed by atoms with Crippen LogP contribution in [0, 0.1) is 16.0 Å². The standard InChI is InChI=1S/C27H38N8O4/c1-18-13-15-31-24(16-18)34(26(37)22(28)17-19-6-3-2-4-7-19)23(8-5-14-32-27(29)30)25(36)33-20-9-11-21(12-10-20)35(38)39/h2-4,6-7,9-12,18,22-24,31H,5,8,13-17,28H2,1H3,(H,33,36)(H4,29,30,32)/t18?,22-,23+,24?/m1/s1. The van der Waals surface area contributed by atoms with Crippen LogP contribution in [-0.2, 0) is 16.0 Å². The first-order valence-corrected chi connectivity index (χ1v) is 13.1. The summed E-state index contributed by atoms with van der Waals surface area (Å²) in [6.07, 6.45) is 2.28. The number of carbonyl (C=O) groups excluding carboxylic acids is 2. The molecule has 1 aliphatic rings. The van der Waals surface area contributed by atoms with Crippen molar-refractivity contribution in [2.75, 3.05) is 18.4 Å². The molecule has 210 valence electrons. The van der Waals surface area contributed by atoms with Crippen molar-refractivity contribution in [2.45, 2.75) is 57.3 Å². The minimum atomic E-state index is -0.883. The fourth-order valence-electron chi connectivity index (χ4n) is 4.74. The van der Waals surface area contributed by atoms with Gasteiger partial charge in [0.1, 0.15) is 6.04 Å². The Hall–Kier alpha value is -4.03. The molecule has 0 saturated carbocycles. The minimum absolute atomic E-state index is 0.0533. The van der Waals surface area contributed by atoms with Gasteiger partial charge < -0.3 is 27.4 Å². The lowest BCUT2D eigenvalue weighted by Gasteiger charge is -2.42. The molecule has 1 saturated heterocycles. The zero-order valence-electron chi connectivity index (χ0n) is 22.2. The van der Waals surface area contributed by atoms with Gasteiger partial charge in [-0.25, -0.2) is 0 Å². The van der Waals surface area contributed by atoms with Gasteiger partial charge in [0.2, 0.25) is 11.8 Å². The van der Waals surface area contributed by atoms with Gasteiger partial charge in [-0.05, 0) is 62.3 Å². The van der Waals surface area contributed by atoms with Gasteiger partial charge in [0.15, 0.2) is 5.96 Å². The summed E-state index contributed by atoms with van der Waals surface area (Å²) < 4.78 is 0. The number of nitrogens with zero attached hydrogens (tertiary/aromatic N) is 3. The van der Waals surface area contributed by atoms with Crippen molar-refractivity contribution in [3.05, 3.63) is 70.3 Å². The number of nitrogens with two attached hydrogens (primary N) is 3. The SMILES string of the molecule is CC1CCNC(N(C(=O)[C@H](N)Cc2ccccc2)[C@@H](CCCN=C(N)N)C(=O)Nc2ccc([N+](=O)[O-])cc2)C1. The topological polar surface area (TPSA) is 195 Å². The Morgan fingerprint density at radius 3 is 2.49 bits per heavy atom. The van der Waals surface area contributed by atoms with E-state index in [9.17, 15) is 19.7 Å². The van der Waals surface area contributed by atoms with Gasteiger partial charge in [-0.1, -0.05) is 37.3 Å². The van der Waals surface area contributed by atoms with Crippen LogP contribution < -0.4 is 27.8 Å². The Balaban J connectivity index is 1.90. The van der Waals surface area contributed by atoms with Crippen LogP contribution in [-0.4, -0.2) is 58.9 Å². The molecule has 3 rings (SSSR count). The zero-order valence-corrected chi connectivity index (χ0v) is 22.2. The molecule has 1 aliphatic heterocycles. The van der Waals surface area contributed by atoms with Gasteiger partial charge in [-0.2, -0.15) is 0 Å². The maximum Gasteiger partial charge on any atom is 0.269 e. The van der Waals surface area contributed by atoms with Crippen molar-refractivity contribution < 1.29 is 14.5 Å². The Bertz CT molecular complexity index is 1140. The van der Waals surface area contributed by atoms with Gasteiger partial charge in [-0.15, -0.1) is 0 Å². The average Bonchev–Trinajstić information content (AvgIpc) is 2.90. The molecular formula is C27H38N8O4. The average molecular weight is 539 g/mol. The van der Waals surface area contributed by atoms with Crippen molar-refractivity contribution in [3.8, 4) is 0 Å². The molecule has 0 radical (unpaired) electrons. The summed E-state index contributed by atoms with van der Waals surface area (Å²) in [5.41, 5.74) is 18.6. The first kappa shape index (κ1) is 29.5. The van der Waals surface area contributed by atoms with Crippen LogP contribution in [0.25, 0.3) is 0 Å². The third-order valence-electron chi connectivity index (χ3n) is 6.76. The highest BCUT2D eigenvalue weighted by atomic mass is 16.6. The number of benzene rings is 2. The summed E-state index contributed by atoms with van der Waals surface area (Å²) in [6.45, 7) is 3.11. The highest BCUT2D eigenvalue weighted by Gasteiger charge is 2.38. The highest BCUT2D eigenvalue weighted by Crippen LogP contribution is 2.24. The lowest BCUT2D eigenvalue weighted by Crippen LogP contribution is -2.62. The molecule has 2 amide bonds. The molecule has 0 aromatic heterocycles. The normalized spacial score (nSPS) is 18.4. The second-order valence-corrected chi connectivity index (χ2v) is 9.90. The summed E-state index contributed by atoms with van der Waals surface area (Å²) in [4.78, 5) is 43.8. The largest absolute Gasteiger partial charge is 0.370 e. The molecule has 39 heavy (non-hydrogen) atoms. The number of hydrogen-bond acceptors (Lipinski definition) is 7. The van der Waals surface area contributed by atoms with Crippen LogP contribution in [0.4, 0.5) is 11.4 Å². The van der Waals surface area contributed by atoms with E-state index in [2.05, 4.69) is 22.5 Å². The molecule has 12 nitrogen and oxygen atoms in total. The van der Waals surface area contributed by atoms with Gasteiger partial charge in [0.25, 0.3) is 5.69 Å². The molecule has 1 heterocycles. The van der Waals surface area contributed by atoms with Gasteiger partial charge in [0.05, 0.1) is 17.1 Å². The van der Waals surface area contributed by atoms with Gasteiger partial charge >= 0.3 is 0 Å². The molecule has 2 unspecified atom stereocenters. The van der Waals surface area contributed by atoms with Crippen LogP contribution in [0.5, 0.6) is 0 Å². The molecule has 4 atom stereocenters. The molecular weight excluding hydrogens is 500 g/mol. The van der Waals surface area contributed by atoms with Gasteiger partial charge in [-0.3, -0.25) is 30.0 Å². The molecule has 12 heteroatoms. The Kier molecular flexibility index (Phi) is 10.8. The fraction of sp³-hybridized carbons (Fsp3) is 0.444. The Morgan fingerprint density at radius 2 is 1.87 bits per heavy atom. The van der Waals surface area contributed by atoms with E-state index in [-0.39, 0.29) is 30.5 Å². The number of non-ortho nitro benzene ring substituents is 1. The maximum atomic E-state index is 14.0. The Labute approximate surface area is 228 Å². The lowest BCUT2D eigenvalue weighted by molar-refractivity contribution is -0.384. The van der Waals surface area contributed by atoms with E-state index in [1.54, 1.807) is 4.90 Å². The number of anilines is 1. The minimum Gasteiger partial charge on any atom is -0.370 e. The smallest absolute Gasteiger partial charge is 0.269 e. The number of piperidine rings is 1. The van der Waals surface area contributed by atoms with E-state index in [1.807, 2.05) is 30.3 Å². The van der Waals surface area contributed by atoms with Crippen molar-refractivity contribution >= 4 is 29.1 Å². The van der Waals surface area contributed by atoms with Gasteiger partial charge in [0, 0.05) is 24.4 Å². The van der Waals surface area contributed by atoms with E-state index >= 15 is 0 Å². The van der Waals surface area contributed by atoms with Crippen LogP contribution >= 0.6 is 0 Å². The predicted octanol–water partition coefficient (Wildman–Crippen LogP) is 1.70. The summed E-state index contributed by atoms with van der Waals surface area (Å²) >= 11 is 0. The van der Waals surface area contributed by atoms with E-state index in [0.29, 0.717) is 37.4 Å². The first-order chi connectivity index (χ1) is 18.7. The van der Waals surface area contributed by atoms with Crippen molar-refractivity contribution in [1.82, 2.24) is 10.2 Å². The molecule has 0 bridgehead atoms. The molecule has 2 aromatic rings. The maximum absolute atomic E-state index is 14.0. The van der Waals surface area contributed by atoms with Crippen molar-refractivity contribution in [2.24, 2.45) is 28.1 Å². The molecule has 1 fully saturated rings. The number of rotatable bonds is 12. The number of hydrogen-bond donors (Lipinski definition) is 5. The number of nitrogens with one attached hydrogen (secondary N) is 2. The van der Waals surface area contributed by atoms with Crippen LogP contribution in [0.2, 0.25) is 0 Å². The molecule has 0 aliphatic carbocycles. The summed E-state index contributed by atoms with van der Waals surface area (Å²) in [5.74, 6) is -0.468. The van der Waals surface area contributed by atoms with Crippen LogP contribution in [0.1, 0.15) is 38.2 Å². The lowest BCUT2D eigenvalue weighted by atomic mass is 9.94. The number of nitro benzene ring substituents is 1. The fourth-order valence-corrected chi connectivity index (χ4v) is 4.74. The van der Waals surface area contributed by atoms with E-state index < -0.39 is 29.1 Å². The zero-order chi connectivity index (χ0) is 28.4. The van der Waals surface area contributed by atoms with Crippen LogP contribution in [0.15, 0.2) is 59.6 Å². The van der Waals surface area contributed by atoms with E-state index in [4.69, 9.17) is 17.2 Å². The summed E-state index contributed by atoms with van der Waals surface area (Å²) in [7, 11) is 0. The number of carbonyl (C=O) groups is 2. The third kappa shape index (κ3) is 8.76.